The van der Waals surface area contributed by atoms with Crippen molar-refractivity contribution >= 4 is 65.9 Å². The van der Waals surface area contributed by atoms with E-state index in [1.54, 1.807) is 30.3 Å². The number of primary amides is 1. The zero-order chi connectivity index (χ0) is 40.0. The van der Waals surface area contributed by atoms with Crippen molar-refractivity contribution in [1.82, 2.24) is 31.5 Å². The van der Waals surface area contributed by atoms with Crippen LogP contribution in [0.5, 0.6) is 0 Å². The lowest BCUT2D eigenvalue weighted by Crippen LogP contribution is -2.61. The van der Waals surface area contributed by atoms with Crippen LogP contribution in [0.1, 0.15) is 45.1 Å². The molecule has 292 valence electrons. The van der Waals surface area contributed by atoms with E-state index in [0.29, 0.717) is 12.0 Å². The molecule has 2 rings (SSSR count). The SMILES string of the molecule is C[C@H](NC(=O)[C@H](CC(N)=O)NC(=O)[C@@H](N)CS)C(=O)N[C@@H](Cc1ccccc1)C(=O)N[C@H](C(=O)N1CCC[C@H]1C(=O)N[C@@H](CC(=O)O)C(=O)O)[C@@H](C)O. The molecule has 1 aliphatic heterocycles. The number of aliphatic hydroxyl groups is 1. The molecule has 1 aliphatic rings. The normalized spacial score (nSPS) is 17.8. The van der Waals surface area contributed by atoms with E-state index in [-0.39, 0.29) is 25.1 Å². The first kappa shape index (κ1) is 43.9. The van der Waals surface area contributed by atoms with Crippen LogP contribution in [-0.4, -0.2) is 134 Å². The third-order valence-electron chi connectivity index (χ3n) is 8.12. The van der Waals surface area contributed by atoms with Crippen molar-refractivity contribution in [2.24, 2.45) is 11.5 Å². The van der Waals surface area contributed by atoms with Crippen molar-refractivity contribution in [3.05, 3.63) is 35.9 Å². The number of hydrogen-bond donors (Lipinski definition) is 11. The third-order valence-corrected chi connectivity index (χ3v) is 8.51. The lowest BCUT2D eigenvalue weighted by atomic mass is 10.0. The van der Waals surface area contributed by atoms with Crippen molar-refractivity contribution in [1.29, 1.82) is 0 Å². The number of amides is 7. The fourth-order valence-electron chi connectivity index (χ4n) is 5.27. The summed E-state index contributed by atoms with van der Waals surface area (Å²) in [4.78, 5) is 114. The first-order valence-electron chi connectivity index (χ1n) is 16.5. The van der Waals surface area contributed by atoms with Gasteiger partial charge >= 0.3 is 11.9 Å². The molecule has 1 aromatic carbocycles. The number of nitrogens with zero attached hydrogens (tertiary/aromatic N) is 1. The van der Waals surface area contributed by atoms with Crippen molar-refractivity contribution in [2.75, 3.05) is 12.3 Å². The number of carbonyl (C=O) groups is 9. The number of nitrogens with two attached hydrogens (primary N) is 2. The first-order chi connectivity index (χ1) is 24.9. The summed E-state index contributed by atoms with van der Waals surface area (Å²) in [5.41, 5.74) is 11.4. The average Bonchev–Trinajstić information content (AvgIpc) is 3.59. The van der Waals surface area contributed by atoms with Crippen LogP contribution < -0.4 is 38.1 Å². The summed E-state index contributed by atoms with van der Waals surface area (Å²) in [6.45, 7) is 2.46. The second-order valence-electron chi connectivity index (χ2n) is 12.4. The minimum Gasteiger partial charge on any atom is -0.481 e. The number of aliphatic hydroxyl groups excluding tert-OH is 1. The molecule has 0 radical (unpaired) electrons. The van der Waals surface area contributed by atoms with Gasteiger partial charge in [-0.1, -0.05) is 30.3 Å². The van der Waals surface area contributed by atoms with Gasteiger partial charge in [-0.15, -0.1) is 0 Å². The van der Waals surface area contributed by atoms with Crippen molar-refractivity contribution in [3.63, 3.8) is 0 Å². The predicted molar refractivity (Wildman–Crippen MR) is 187 cm³/mol. The molecule has 0 bridgehead atoms. The molecule has 0 aliphatic carbocycles. The molecule has 53 heavy (non-hydrogen) atoms. The van der Waals surface area contributed by atoms with Gasteiger partial charge in [0.05, 0.1) is 25.0 Å². The molecular formula is C32H46N8O12S. The van der Waals surface area contributed by atoms with Gasteiger partial charge in [0.15, 0.2) is 0 Å². The molecule has 0 unspecified atom stereocenters. The number of hydrogen-bond acceptors (Lipinski definition) is 12. The fourth-order valence-corrected chi connectivity index (χ4v) is 5.44. The number of benzene rings is 1. The zero-order valence-corrected chi connectivity index (χ0v) is 29.9. The molecule has 1 fully saturated rings. The number of carbonyl (C=O) groups excluding carboxylic acids is 7. The molecule has 7 amide bonds. The maximum atomic E-state index is 13.7. The van der Waals surface area contributed by atoms with E-state index in [1.807, 2.05) is 0 Å². The van der Waals surface area contributed by atoms with Crippen molar-refractivity contribution in [3.8, 4) is 0 Å². The van der Waals surface area contributed by atoms with E-state index in [1.165, 1.54) is 13.8 Å². The van der Waals surface area contributed by atoms with Gasteiger partial charge in [0.25, 0.3) is 0 Å². The molecule has 20 nitrogen and oxygen atoms in total. The van der Waals surface area contributed by atoms with E-state index in [2.05, 4.69) is 39.2 Å². The van der Waals surface area contributed by atoms with Gasteiger partial charge < -0.3 is 58.3 Å². The van der Waals surface area contributed by atoms with Crippen LogP contribution in [0.15, 0.2) is 30.3 Å². The summed E-state index contributed by atoms with van der Waals surface area (Å²) < 4.78 is 0. The van der Waals surface area contributed by atoms with E-state index < -0.39 is 115 Å². The van der Waals surface area contributed by atoms with Gasteiger partial charge in [0, 0.05) is 18.7 Å². The number of likely N-dealkylation sites (tertiary alicyclic amines) is 1. The Morgan fingerprint density at radius 1 is 0.830 bits per heavy atom. The Labute approximate surface area is 309 Å². The van der Waals surface area contributed by atoms with Gasteiger partial charge in [-0.05, 0) is 32.3 Å². The molecule has 0 aromatic heterocycles. The summed E-state index contributed by atoms with van der Waals surface area (Å²) in [5, 5.41) is 40.6. The zero-order valence-electron chi connectivity index (χ0n) is 29.0. The lowest BCUT2D eigenvalue weighted by Gasteiger charge is -2.31. The van der Waals surface area contributed by atoms with Crippen molar-refractivity contribution < 1.29 is 58.5 Å². The number of carboxylic acids is 2. The van der Waals surface area contributed by atoms with Gasteiger partial charge in [-0.25, -0.2) is 4.79 Å². The van der Waals surface area contributed by atoms with Crippen LogP contribution in [0, 0.1) is 0 Å². The number of nitrogens with one attached hydrogen (secondary N) is 5. The van der Waals surface area contributed by atoms with Crippen LogP contribution >= 0.6 is 12.6 Å². The summed E-state index contributed by atoms with van der Waals surface area (Å²) in [7, 11) is 0. The highest BCUT2D eigenvalue weighted by Gasteiger charge is 2.41. The average molecular weight is 767 g/mol. The van der Waals surface area contributed by atoms with Crippen LogP contribution in [0.4, 0.5) is 0 Å². The monoisotopic (exact) mass is 766 g/mol. The minimum absolute atomic E-state index is 0.00808. The highest BCUT2D eigenvalue weighted by atomic mass is 32.1. The summed E-state index contributed by atoms with van der Waals surface area (Å²) in [6.07, 6.45) is -2.82. The second-order valence-corrected chi connectivity index (χ2v) is 12.8. The molecule has 1 saturated heterocycles. The summed E-state index contributed by atoms with van der Waals surface area (Å²) in [6, 6.07) is -1.66. The molecule has 8 atom stereocenters. The second kappa shape index (κ2) is 20.7. The topological polar surface area (TPSA) is 330 Å². The number of thiol groups is 1. The molecule has 1 aromatic rings. The van der Waals surface area contributed by atoms with E-state index >= 15 is 0 Å². The molecule has 1 heterocycles. The molecule has 21 heteroatoms. The Bertz CT molecular complexity index is 1530. The largest absolute Gasteiger partial charge is 0.481 e. The predicted octanol–water partition coefficient (Wildman–Crippen LogP) is -4.26. The van der Waals surface area contributed by atoms with Gasteiger partial charge in [-0.2, -0.15) is 12.6 Å². The maximum Gasteiger partial charge on any atom is 0.326 e. The van der Waals surface area contributed by atoms with E-state index in [4.69, 9.17) is 16.6 Å². The number of carboxylic acid groups (broad SMARTS) is 2. The first-order valence-corrected chi connectivity index (χ1v) is 17.1. The molecule has 12 N–H and O–H groups in total. The van der Waals surface area contributed by atoms with Crippen LogP contribution in [0.2, 0.25) is 0 Å². The Balaban J connectivity index is 2.26. The number of aliphatic carboxylic acids is 2. The highest BCUT2D eigenvalue weighted by Crippen LogP contribution is 2.20. The Morgan fingerprint density at radius 3 is 1.98 bits per heavy atom. The Hall–Kier alpha value is -5.28. The molecular weight excluding hydrogens is 720 g/mol. The van der Waals surface area contributed by atoms with Gasteiger partial charge in [0.1, 0.15) is 36.3 Å². The van der Waals surface area contributed by atoms with Gasteiger partial charge in [-0.3, -0.25) is 38.4 Å². The highest BCUT2D eigenvalue weighted by molar-refractivity contribution is 7.80. The smallest absolute Gasteiger partial charge is 0.326 e. The van der Waals surface area contributed by atoms with Crippen LogP contribution in [0.25, 0.3) is 0 Å². The minimum atomic E-state index is -1.77. The van der Waals surface area contributed by atoms with Gasteiger partial charge in [0.2, 0.25) is 41.4 Å². The molecule has 0 spiro atoms. The Kier molecular flexibility index (Phi) is 17.1. The van der Waals surface area contributed by atoms with Crippen molar-refractivity contribution in [2.45, 2.75) is 94.3 Å². The quantitative estimate of drug-likeness (QED) is 0.0561. The standard InChI is InChI=1S/C32H46N8O12S/c1-15(35-28(47)20(12-23(34)42)37-27(46)18(33)14-53)26(45)36-19(11-17-7-4-3-5-8-17)29(48)39-25(16(2)41)31(50)40-10-6-9-22(40)30(49)38-21(32(51)52)13-24(43)44/h3-5,7-8,15-16,18-22,25,41,53H,6,9-14,33H2,1-2H3,(H2,34,42)(H,35,47)(H,36,45)(H,37,46)(H,38,49)(H,39,48)(H,43,44)(H,51,52)/t15-,16+,18-,19-,20-,21-,22-,25-/m0/s1. The fraction of sp³-hybridized carbons (Fsp3) is 0.531. The molecule has 0 saturated carbocycles. The maximum absolute atomic E-state index is 13.7. The van der Waals surface area contributed by atoms with E-state index in [9.17, 15) is 53.4 Å². The van der Waals surface area contributed by atoms with Crippen LogP contribution in [0.3, 0.4) is 0 Å². The summed E-state index contributed by atoms with van der Waals surface area (Å²) in [5.74, 6) is -9.52. The number of rotatable bonds is 20. The Morgan fingerprint density at radius 2 is 1.43 bits per heavy atom. The lowest BCUT2D eigenvalue weighted by molar-refractivity contribution is -0.149. The third kappa shape index (κ3) is 13.7. The summed E-state index contributed by atoms with van der Waals surface area (Å²) >= 11 is 3.92. The van der Waals surface area contributed by atoms with Crippen LogP contribution in [-0.2, 0) is 49.6 Å². The van der Waals surface area contributed by atoms with E-state index in [0.717, 1.165) is 4.90 Å².